The van der Waals surface area contributed by atoms with E-state index in [1.54, 1.807) is 24.3 Å². The number of benzene rings is 2. The average Bonchev–Trinajstić information content (AvgIpc) is 2.74. The Balaban J connectivity index is 1.61. The van der Waals surface area contributed by atoms with E-state index in [0.717, 1.165) is 22.1 Å². The van der Waals surface area contributed by atoms with Crippen LogP contribution in [0.3, 0.4) is 0 Å². The van der Waals surface area contributed by atoms with Gasteiger partial charge in [-0.15, -0.1) is 0 Å². The van der Waals surface area contributed by atoms with Gasteiger partial charge in [0.1, 0.15) is 5.58 Å². The molecule has 0 aliphatic carbocycles. The number of carbonyl (C=O) groups is 1. The number of hydrogen-bond donors (Lipinski definition) is 1. The summed E-state index contributed by atoms with van der Waals surface area (Å²) in [6.45, 7) is 2.61. The Morgan fingerprint density at radius 1 is 1.10 bits per heavy atom. The topological polar surface area (TPSA) is 98.7 Å². The van der Waals surface area contributed by atoms with Crippen molar-refractivity contribution in [2.24, 2.45) is 0 Å². The highest BCUT2D eigenvalue weighted by Gasteiger charge is 2.18. The molecule has 3 aromatic rings. The van der Waals surface area contributed by atoms with Crippen LogP contribution in [0.1, 0.15) is 30.9 Å². The van der Waals surface area contributed by atoms with E-state index in [-0.39, 0.29) is 12.1 Å². The summed E-state index contributed by atoms with van der Waals surface area (Å²) in [5, 5.41) is 9.65. The monoisotopic (exact) mass is 411 g/mol. The first kappa shape index (κ1) is 21.5. The lowest BCUT2D eigenvalue weighted by Gasteiger charge is -2.13. The highest BCUT2D eigenvalue weighted by atomic mass is 16.5. The van der Waals surface area contributed by atoms with Crippen LogP contribution in [0.5, 0.6) is 0 Å². The van der Waals surface area contributed by atoms with Gasteiger partial charge in [-0.05, 0) is 42.5 Å². The Labute approximate surface area is 173 Å². The van der Waals surface area contributed by atoms with E-state index in [9.17, 15) is 19.5 Å². The molecule has 0 bridgehead atoms. The van der Waals surface area contributed by atoms with Gasteiger partial charge in [0.05, 0.1) is 5.39 Å². The Hall–Kier alpha value is -3.19. The van der Waals surface area contributed by atoms with Gasteiger partial charge in [-0.1, -0.05) is 43.3 Å². The van der Waals surface area contributed by atoms with Gasteiger partial charge >= 0.3 is 11.7 Å². The number of hydrogen-bond acceptors (Lipinski definition) is 5. The van der Waals surface area contributed by atoms with Crippen LogP contribution in [0.15, 0.2) is 62.5 Å². The minimum atomic E-state index is -0.966. The minimum Gasteiger partial charge on any atom is -0.479 e. The summed E-state index contributed by atoms with van der Waals surface area (Å²) in [6.07, 6.45) is 1.49. The number of ether oxygens (including phenoxy) is 1. The molecule has 158 valence electrons. The molecule has 0 saturated carbocycles. The molecule has 2 aromatic carbocycles. The van der Waals surface area contributed by atoms with Crippen molar-refractivity contribution in [2.75, 3.05) is 6.61 Å². The number of nitrogens with zero attached hydrogens (tertiary/aromatic N) is 1. The molecule has 1 aromatic heterocycles. The molecule has 30 heavy (non-hydrogen) atoms. The third-order valence-corrected chi connectivity index (χ3v) is 4.87. The molecule has 0 amide bonds. The quantitative estimate of drug-likeness (QED) is 0.551. The van der Waals surface area contributed by atoms with Crippen LogP contribution < -0.4 is 11.3 Å². The average molecular weight is 411 g/mol. The molecule has 0 saturated heterocycles. The number of aryl methyl sites for hydroxylation is 1. The van der Waals surface area contributed by atoms with Gasteiger partial charge in [0.2, 0.25) is 0 Å². The number of para-hydroxylation sites is 1. The SMILES string of the molecule is CCCOC(Cc1ccc(CCCn2c(=O)oc3ccccc3c2=O)cc1)C(=O)O. The molecular weight excluding hydrogens is 386 g/mol. The summed E-state index contributed by atoms with van der Waals surface area (Å²) < 4.78 is 11.7. The van der Waals surface area contributed by atoms with Crippen molar-refractivity contribution >= 4 is 16.9 Å². The van der Waals surface area contributed by atoms with Gasteiger partial charge in [-0.3, -0.25) is 4.79 Å². The van der Waals surface area contributed by atoms with Crippen molar-refractivity contribution in [1.82, 2.24) is 4.57 Å². The third-order valence-electron chi connectivity index (χ3n) is 4.87. The highest BCUT2D eigenvalue weighted by Crippen LogP contribution is 2.12. The molecule has 0 aliphatic heterocycles. The number of carboxylic acids is 1. The molecule has 0 fully saturated rings. The lowest BCUT2D eigenvalue weighted by Crippen LogP contribution is -2.32. The fraction of sp³-hybridized carbons (Fsp3) is 0.348. The maximum Gasteiger partial charge on any atom is 0.422 e. The largest absolute Gasteiger partial charge is 0.479 e. The number of fused-ring (bicyclic) bond motifs is 1. The maximum atomic E-state index is 12.5. The first-order valence-corrected chi connectivity index (χ1v) is 10.0. The van der Waals surface area contributed by atoms with Crippen LogP contribution in [0.2, 0.25) is 0 Å². The number of carboxylic acid groups (broad SMARTS) is 1. The molecule has 0 aliphatic rings. The molecule has 1 unspecified atom stereocenters. The Bertz CT molecular complexity index is 1110. The van der Waals surface area contributed by atoms with Crippen LogP contribution in [0.4, 0.5) is 0 Å². The lowest BCUT2D eigenvalue weighted by atomic mass is 10.0. The van der Waals surface area contributed by atoms with E-state index < -0.39 is 17.8 Å². The van der Waals surface area contributed by atoms with Gasteiger partial charge in [-0.2, -0.15) is 0 Å². The Morgan fingerprint density at radius 2 is 1.80 bits per heavy atom. The summed E-state index contributed by atoms with van der Waals surface area (Å²) in [5.74, 6) is -1.62. The van der Waals surface area contributed by atoms with Crippen LogP contribution >= 0.6 is 0 Å². The molecule has 1 N–H and O–H groups in total. The predicted molar refractivity (Wildman–Crippen MR) is 113 cm³/mol. The Kier molecular flexibility index (Phi) is 7.19. The molecule has 7 nitrogen and oxygen atoms in total. The highest BCUT2D eigenvalue weighted by molar-refractivity contribution is 5.75. The molecule has 1 heterocycles. The molecule has 0 radical (unpaired) electrons. The van der Waals surface area contributed by atoms with Crippen molar-refractivity contribution < 1.29 is 19.1 Å². The summed E-state index contributed by atoms with van der Waals surface area (Å²) in [5.41, 5.74) is 1.87. The van der Waals surface area contributed by atoms with E-state index in [0.29, 0.717) is 36.8 Å². The van der Waals surface area contributed by atoms with Gasteiger partial charge in [-0.25, -0.2) is 14.2 Å². The summed E-state index contributed by atoms with van der Waals surface area (Å²) in [6, 6.07) is 14.3. The van der Waals surface area contributed by atoms with Crippen LogP contribution in [0, 0.1) is 0 Å². The van der Waals surface area contributed by atoms with Crippen molar-refractivity contribution in [2.45, 2.75) is 45.3 Å². The zero-order chi connectivity index (χ0) is 21.5. The Morgan fingerprint density at radius 3 is 2.50 bits per heavy atom. The zero-order valence-corrected chi connectivity index (χ0v) is 16.9. The predicted octanol–water partition coefficient (Wildman–Crippen LogP) is 3.01. The zero-order valence-electron chi connectivity index (χ0n) is 16.9. The second-order valence-electron chi connectivity index (χ2n) is 7.14. The standard InChI is InChI=1S/C23H25NO6/c1-2-14-29-20(22(26)27)15-17-11-9-16(10-12-17)6-5-13-24-21(25)18-7-3-4-8-19(18)30-23(24)28/h3-4,7-12,20H,2,5-6,13-15H2,1H3,(H,26,27). The second kappa shape index (κ2) is 10.0. The van der Waals surface area contributed by atoms with Crippen LogP contribution in [-0.2, 0) is 28.9 Å². The molecule has 3 rings (SSSR count). The summed E-state index contributed by atoms with van der Waals surface area (Å²) in [7, 11) is 0. The molecule has 7 heteroatoms. The van der Waals surface area contributed by atoms with E-state index in [4.69, 9.17) is 9.15 Å². The lowest BCUT2D eigenvalue weighted by molar-refractivity contribution is -0.150. The van der Waals surface area contributed by atoms with Gasteiger partial charge in [0.25, 0.3) is 5.56 Å². The van der Waals surface area contributed by atoms with Crippen molar-refractivity contribution in [3.05, 3.63) is 80.6 Å². The normalized spacial score (nSPS) is 12.2. The first-order valence-electron chi connectivity index (χ1n) is 10.0. The smallest absolute Gasteiger partial charge is 0.422 e. The molecular formula is C23H25NO6. The van der Waals surface area contributed by atoms with Crippen molar-refractivity contribution in [1.29, 1.82) is 0 Å². The summed E-state index contributed by atoms with van der Waals surface area (Å²) >= 11 is 0. The fourth-order valence-electron chi connectivity index (χ4n) is 3.28. The minimum absolute atomic E-state index is 0.264. The first-order chi connectivity index (χ1) is 14.5. The third kappa shape index (κ3) is 5.24. The molecule has 0 spiro atoms. The van der Waals surface area contributed by atoms with E-state index >= 15 is 0 Å². The van der Waals surface area contributed by atoms with Gasteiger partial charge in [0, 0.05) is 19.6 Å². The van der Waals surface area contributed by atoms with Crippen molar-refractivity contribution in [3.63, 3.8) is 0 Å². The van der Waals surface area contributed by atoms with Crippen LogP contribution in [0.25, 0.3) is 11.0 Å². The van der Waals surface area contributed by atoms with Gasteiger partial charge in [0.15, 0.2) is 6.10 Å². The van der Waals surface area contributed by atoms with E-state index in [1.807, 2.05) is 31.2 Å². The number of rotatable bonds is 10. The molecule has 1 atom stereocenters. The number of aliphatic carboxylic acids is 1. The maximum absolute atomic E-state index is 12.5. The van der Waals surface area contributed by atoms with E-state index in [2.05, 4.69) is 0 Å². The van der Waals surface area contributed by atoms with Crippen LogP contribution in [-0.4, -0.2) is 28.4 Å². The van der Waals surface area contributed by atoms with Gasteiger partial charge < -0.3 is 14.3 Å². The number of aromatic nitrogens is 1. The fourth-order valence-corrected chi connectivity index (χ4v) is 3.28. The van der Waals surface area contributed by atoms with E-state index in [1.165, 1.54) is 0 Å². The second-order valence-corrected chi connectivity index (χ2v) is 7.14. The van der Waals surface area contributed by atoms with Crippen molar-refractivity contribution in [3.8, 4) is 0 Å². The summed E-state index contributed by atoms with van der Waals surface area (Å²) in [4.78, 5) is 35.9.